The smallest absolute Gasteiger partial charge is 0.331 e. The molecule has 7 heteroatoms. The molecule has 1 rings (SSSR count). The number of hydrogen-bond acceptors (Lipinski definition) is 5. The van der Waals surface area contributed by atoms with Gasteiger partial charge in [0.15, 0.2) is 6.04 Å². The molecule has 0 saturated carbocycles. The van der Waals surface area contributed by atoms with Crippen LogP contribution >= 0.6 is 0 Å². The van der Waals surface area contributed by atoms with Crippen molar-refractivity contribution in [1.82, 2.24) is 5.32 Å². The molecule has 1 aromatic carbocycles. The van der Waals surface area contributed by atoms with Crippen LogP contribution in [-0.2, 0) is 19.1 Å². The van der Waals surface area contributed by atoms with Gasteiger partial charge in [0.2, 0.25) is 5.91 Å². The van der Waals surface area contributed by atoms with E-state index in [9.17, 15) is 19.5 Å². The van der Waals surface area contributed by atoms with Crippen LogP contribution in [0.15, 0.2) is 30.3 Å². The van der Waals surface area contributed by atoms with E-state index >= 15 is 0 Å². The summed E-state index contributed by atoms with van der Waals surface area (Å²) >= 11 is 0. The van der Waals surface area contributed by atoms with E-state index in [4.69, 9.17) is 9.84 Å². The number of aliphatic carboxylic acids is 1. The summed E-state index contributed by atoms with van der Waals surface area (Å²) in [6.45, 7) is 1.71. The van der Waals surface area contributed by atoms with Crippen molar-refractivity contribution < 1.29 is 29.3 Å². The molecule has 0 aliphatic carbocycles. The van der Waals surface area contributed by atoms with Crippen molar-refractivity contribution in [3.05, 3.63) is 35.9 Å². The second-order valence-electron chi connectivity index (χ2n) is 4.55. The van der Waals surface area contributed by atoms with Gasteiger partial charge in [-0.2, -0.15) is 0 Å². The Hall–Kier alpha value is -2.41. The molecule has 0 radical (unpaired) electrons. The highest BCUT2D eigenvalue weighted by Gasteiger charge is 2.30. The number of rotatable bonds is 8. The monoisotopic (exact) mass is 309 g/mol. The summed E-state index contributed by atoms with van der Waals surface area (Å²) in [7, 11) is 0. The first-order valence-corrected chi connectivity index (χ1v) is 6.86. The van der Waals surface area contributed by atoms with Crippen LogP contribution in [0.5, 0.6) is 0 Å². The number of esters is 1. The number of aliphatic hydroxyl groups is 1. The molecule has 0 saturated heterocycles. The van der Waals surface area contributed by atoms with Crippen LogP contribution < -0.4 is 5.32 Å². The highest BCUT2D eigenvalue weighted by Crippen LogP contribution is 2.17. The summed E-state index contributed by atoms with van der Waals surface area (Å²) in [5.41, 5.74) is 0.444. The molecule has 1 aromatic rings. The Balaban J connectivity index is 2.82. The summed E-state index contributed by atoms with van der Waals surface area (Å²) in [5.74, 6) is -2.54. The zero-order valence-corrected chi connectivity index (χ0v) is 12.2. The lowest BCUT2D eigenvalue weighted by atomic mass is 10.0. The number of amides is 1. The van der Waals surface area contributed by atoms with E-state index in [-0.39, 0.29) is 19.4 Å². The molecule has 0 fully saturated rings. The second kappa shape index (κ2) is 8.78. The van der Waals surface area contributed by atoms with Crippen molar-refractivity contribution in [3.63, 3.8) is 0 Å². The number of hydrogen-bond donors (Lipinski definition) is 3. The van der Waals surface area contributed by atoms with E-state index in [1.54, 1.807) is 37.3 Å². The summed E-state index contributed by atoms with van der Waals surface area (Å²) in [5, 5.41) is 21.2. The lowest BCUT2D eigenvalue weighted by Crippen LogP contribution is -2.46. The highest BCUT2D eigenvalue weighted by atomic mass is 16.5. The minimum atomic E-state index is -1.29. The molecule has 0 aromatic heterocycles. The maximum atomic E-state index is 11.9. The average molecular weight is 309 g/mol. The fourth-order valence-electron chi connectivity index (χ4n) is 1.81. The number of aliphatic hydroxyl groups excluding tert-OH is 1. The summed E-state index contributed by atoms with van der Waals surface area (Å²) in [6.07, 6.45) is -1.93. The van der Waals surface area contributed by atoms with E-state index in [0.29, 0.717) is 5.56 Å². The quantitative estimate of drug-likeness (QED) is 0.607. The first kappa shape index (κ1) is 17.6. The number of carbonyl (C=O) groups is 3. The third-order valence-corrected chi connectivity index (χ3v) is 2.88. The van der Waals surface area contributed by atoms with E-state index in [1.807, 2.05) is 0 Å². The number of carboxylic acid groups (broad SMARTS) is 1. The van der Waals surface area contributed by atoms with Crippen LogP contribution in [0.3, 0.4) is 0 Å². The molecule has 7 nitrogen and oxygen atoms in total. The predicted molar refractivity (Wildman–Crippen MR) is 76.8 cm³/mol. The average Bonchev–Trinajstić information content (AvgIpc) is 2.51. The third-order valence-electron chi connectivity index (χ3n) is 2.88. The van der Waals surface area contributed by atoms with Gasteiger partial charge in [-0.25, -0.2) is 4.79 Å². The Morgan fingerprint density at radius 3 is 2.36 bits per heavy atom. The zero-order chi connectivity index (χ0) is 16.5. The molecule has 0 spiro atoms. The Bertz CT molecular complexity index is 516. The predicted octanol–water partition coefficient (Wildman–Crippen LogP) is 0.633. The second-order valence-corrected chi connectivity index (χ2v) is 4.55. The molecular weight excluding hydrogens is 290 g/mol. The van der Waals surface area contributed by atoms with Crippen LogP contribution in [0, 0.1) is 0 Å². The van der Waals surface area contributed by atoms with Gasteiger partial charge in [0, 0.05) is 6.42 Å². The van der Waals surface area contributed by atoms with Gasteiger partial charge in [-0.05, 0) is 12.5 Å². The van der Waals surface area contributed by atoms with Crippen molar-refractivity contribution in [3.8, 4) is 0 Å². The van der Waals surface area contributed by atoms with Crippen LogP contribution in [0.25, 0.3) is 0 Å². The first-order valence-electron chi connectivity index (χ1n) is 6.86. The minimum Gasteiger partial charge on any atom is -0.481 e. The van der Waals surface area contributed by atoms with Gasteiger partial charge in [0.25, 0.3) is 0 Å². The largest absolute Gasteiger partial charge is 0.481 e. The summed E-state index contributed by atoms with van der Waals surface area (Å²) < 4.78 is 4.84. The third kappa shape index (κ3) is 5.53. The molecule has 2 atom stereocenters. The maximum absolute atomic E-state index is 11.9. The highest BCUT2D eigenvalue weighted by molar-refractivity contribution is 5.86. The van der Waals surface area contributed by atoms with Gasteiger partial charge < -0.3 is 20.3 Å². The van der Waals surface area contributed by atoms with Crippen LogP contribution in [-0.4, -0.2) is 40.7 Å². The molecule has 2 unspecified atom stereocenters. The van der Waals surface area contributed by atoms with Crippen LogP contribution in [0.1, 0.15) is 31.4 Å². The topological polar surface area (TPSA) is 113 Å². The molecule has 22 heavy (non-hydrogen) atoms. The summed E-state index contributed by atoms with van der Waals surface area (Å²) in [6, 6.07) is 7.06. The Labute approximate surface area is 127 Å². The Morgan fingerprint density at radius 2 is 1.82 bits per heavy atom. The molecule has 0 aliphatic rings. The number of carbonyl (C=O) groups excluding carboxylic acids is 2. The Kier molecular flexibility index (Phi) is 7.04. The molecule has 0 heterocycles. The fraction of sp³-hybridized carbons (Fsp3) is 0.400. The van der Waals surface area contributed by atoms with Crippen LogP contribution in [0.4, 0.5) is 0 Å². The lowest BCUT2D eigenvalue weighted by Gasteiger charge is -2.22. The van der Waals surface area contributed by atoms with Crippen molar-refractivity contribution >= 4 is 17.8 Å². The van der Waals surface area contributed by atoms with E-state index in [1.165, 1.54) is 0 Å². The normalized spacial score (nSPS) is 13.0. The number of benzene rings is 1. The number of ether oxygens (including phenoxy) is 1. The number of nitrogens with one attached hydrogen (secondary N) is 1. The van der Waals surface area contributed by atoms with E-state index in [0.717, 1.165) is 0 Å². The standard InChI is InChI=1S/C15H19NO6/c1-2-22-15(21)13(16-11(17)8-9-12(18)19)14(20)10-6-4-3-5-7-10/h3-7,13-14,20H,2,8-9H2,1H3,(H,16,17)(H,18,19). The molecule has 0 aliphatic heterocycles. The molecule has 120 valence electrons. The van der Waals surface area contributed by atoms with Crippen molar-refractivity contribution in [1.29, 1.82) is 0 Å². The number of carboxylic acids is 1. The molecular formula is C15H19NO6. The van der Waals surface area contributed by atoms with Crippen molar-refractivity contribution in [2.24, 2.45) is 0 Å². The van der Waals surface area contributed by atoms with Gasteiger partial charge in [-0.15, -0.1) is 0 Å². The van der Waals surface area contributed by atoms with Crippen molar-refractivity contribution in [2.45, 2.75) is 31.9 Å². The molecule has 3 N–H and O–H groups in total. The molecule has 0 bridgehead atoms. The zero-order valence-electron chi connectivity index (χ0n) is 12.2. The molecule has 1 amide bonds. The van der Waals surface area contributed by atoms with Gasteiger partial charge in [0.1, 0.15) is 6.10 Å². The summed E-state index contributed by atoms with van der Waals surface area (Å²) in [4.78, 5) is 34.1. The van der Waals surface area contributed by atoms with Gasteiger partial charge in [-0.1, -0.05) is 30.3 Å². The van der Waals surface area contributed by atoms with Crippen molar-refractivity contribution in [2.75, 3.05) is 6.61 Å². The first-order chi connectivity index (χ1) is 10.5. The van der Waals surface area contributed by atoms with E-state index < -0.39 is 30.0 Å². The van der Waals surface area contributed by atoms with E-state index in [2.05, 4.69) is 5.32 Å². The Morgan fingerprint density at radius 1 is 1.18 bits per heavy atom. The van der Waals surface area contributed by atoms with Crippen LogP contribution in [0.2, 0.25) is 0 Å². The lowest BCUT2D eigenvalue weighted by molar-refractivity contribution is -0.151. The minimum absolute atomic E-state index is 0.0990. The van der Waals surface area contributed by atoms with Gasteiger partial charge in [-0.3, -0.25) is 9.59 Å². The van der Waals surface area contributed by atoms with Gasteiger partial charge >= 0.3 is 11.9 Å². The maximum Gasteiger partial charge on any atom is 0.331 e. The van der Waals surface area contributed by atoms with Gasteiger partial charge in [0.05, 0.1) is 13.0 Å². The SMILES string of the molecule is CCOC(=O)C(NC(=O)CCC(=O)O)C(O)c1ccccc1. The fourth-order valence-corrected chi connectivity index (χ4v) is 1.81.